The largest absolute Gasteiger partial charge is 0.420 e. The summed E-state index contributed by atoms with van der Waals surface area (Å²) < 4.78 is 6.56. The molecule has 1 amide bonds. The maximum absolute atomic E-state index is 12.3. The zero-order valence-corrected chi connectivity index (χ0v) is 15.8. The predicted molar refractivity (Wildman–Crippen MR) is 108 cm³/mol. The Balaban J connectivity index is 1.24. The van der Waals surface area contributed by atoms with Gasteiger partial charge in [0.05, 0.1) is 5.52 Å². The number of aromatic nitrogens is 1. The van der Waals surface area contributed by atoms with E-state index in [0.29, 0.717) is 23.6 Å². The van der Waals surface area contributed by atoms with Gasteiger partial charge in [-0.2, -0.15) is 0 Å². The number of oxazole rings is 1. The molecule has 1 N–H and O–H groups in total. The van der Waals surface area contributed by atoms with Crippen LogP contribution in [0.2, 0.25) is 0 Å². The van der Waals surface area contributed by atoms with Gasteiger partial charge in [-0.15, -0.1) is 0 Å². The van der Waals surface area contributed by atoms with Crippen LogP contribution < -0.4 is 11.1 Å². The number of benzene rings is 2. The van der Waals surface area contributed by atoms with Gasteiger partial charge in [0, 0.05) is 13.1 Å². The molecule has 1 fully saturated rings. The maximum atomic E-state index is 12.3. The average Bonchev–Trinajstić information content (AvgIpc) is 3.03. The summed E-state index contributed by atoms with van der Waals surface area (Å²) in [5.41, 5.74) is 2.50. The summed E-state index contributed by atoms with van der Waals surface area (Å²) in [6.07, 6.45) is 2.14. The lowest BCUT2D eigenvalue weighted by Gasteiger charge is -2.32. The first-order valence-electron chi connectivity index (χ1n) is 9.80. The van der Waals surface area contributed by atoms with Crippen LogP contribution in [0.4, 0.5) is 0 Å². The number of carbonyl (C=O) groups is 1. The van der Waals surface area contributed by atoms with Crippen molar-refractivity contribution < 1.29 is 9.21 Å². The molecule has 2 heterocycles. The normalized spacial score (nSPS) is 15.7. The number of nitrogens with zero attached hydrogens (tertiary/aromatic N) is 2. The van der Waals surface area contributed by atoms with E-state index in [1.165, 1.54) is 10.1 Å². The minimum atomic E-state index is -0.495. The molecule has 1 saturated heterocycles. The van der Waals surface area contributed by atoms with E-state index in [1.807, 2.05) is 12.1 Å². The standard InChI is InChI=1S/C22H25N3O3/c26-21(16-25-19-8-4-5-9-20(19)28-22(25)27)23-14-17-10-12-24(13-11-17)15-18-6-2-1-3-7-18/h1-9,17H,10-16H2,(H,23,26). The van der Waals surface area contributed by atoms with Crippen molar-refractivity contribution in [2.45, 2.75) is 25.9 Å². The summed E-state index contributed by atoms with van der Waals surface area (Å²) >= 11 is 0. The fourth-order valence-corrected chi connectivity index (χ4v) is 3.81. The Labute approximate surface area is 163 Å². The Kier molecular flexibility index (Phi) is 5.58. The highest BCUT2D eigenvalue weighted by Gasteiger charge is 2.20. The molecular formula is C22H25N3O3. The van der Waals surface area contributed by atoms with Gasteiger partial charge in [-0.25, -0.2) is 4.79 Å². The van der Waals surface area contributed by atoms with E-state index in [0.717, 1.165) is 32.5 Å². The second kappa shape index (κ2) is 8.44. The highest BCUT2D eigenvalue weighted by Crippen LogP contribution is 2.18. The van der Waals surface area contributed by atoms with Crippen LogP contribution in [0.3, 0.4) is 0 Å². The van der Waals surface area contributed by atoms with Gasteiger partial charge >= 0.3 is 5.76 Å². The molecule has 6 heteroatoms. The van der Waals surface area contributed by atoms with Crippen molar-refractivity contribution in [3.05, 3.63) is 70.7 Å². The second-order valence-electron chi connectivity index (χ2n) is 7.43. The molecule has 0 aliphatic carbocycles. The Morgan fingerprint density at radius 3 is 2.54 bits per heavy atom. The van der Waals surface area contributed by atoms with Crippen molar-refractivity contribution in [1.82, 2.24) is 14.8 Å². The van der Waals surface area contributed by atoms with Gasteiger partial charge in [0.1, 0.15) is 6.54 Å². The highest BCUT2D eigenvalue weighted by atomic mass is 16.4. The summed E-state index contributed by atoms with van der Waals surface area (Å²) in [5.74, 6) is -0.167. The van der Waals surface area contributed by atoms with E-state index < -0.39 is 5.76 Å². The number of hydrogen-bond acceptors (Lipinski definition) is 4. The first-order valence-corrected chi connectivity index (χ1v) is 9.80. The molecule has 28 heavy (non-hydrogen) atoms. The van der Waals surface area contributed by atoms with Crippen LogP contribution in [0.5, 0.6) is 0 Å². The van der Waals surface area contributed by atoms with Crippen molar-refractivity contribution in [1.29, 1.82) is 0 Å². The summed E-state index contributed by atoms with van der Waals surface area (Å²) in [4.78, 5) is 26.8. The molecule has 0 spiro atoms. The van der Waals surface area contributed by atoms with Gasteiger partial charge in [-0.05, 0) is 49.5 Å². The molecule has 0 radical (unpaired) electrons. The minimum absolute atomic E-state index is 0.0112. The van der Waals surface area contributed by atoms with Crippen LogP contribution in [0.1, 0.15) is 18.4 Å². The van der Waals surface area contributed by atoms with Gasteiger partial charge in [0.25, 0.3) is 0 Å². The molecular weight excluding hydrogens is 354 g/mol. The number of para-hydroxylation sites is 2. The number of nitrogens with one attached hydrogen (secondary N) is 1. The Morgan fingerprint density at radius 2 is 1.75 bits per heavy atom. The molecule has 1 aromatic heterocycles. The smallest absolute Gasteiger partial charge is 0.408 e. The van der Waals surface area contributed by atoms with Gasteiger partial charge in [-0.3, -0.25) is 14.3 Å². The van der Waals surface area contributed by atoms with Gasteiger partial charge < -0.3 is 9.73 Å². The van der Waals surface area contributed by atoms with E-state index in [2.05, 4.69) is 34.5 Å². The van der Waals surface area contributed by atoms with Crippen LogP contribution in [0.25, 0.3) is 11.1 Å². The van der Waals surface area contributed by atoms with E-state index in [1.54, 1.807) is 18.2 Å². The third-order valence-electron chi connectivity index (χ3n) is 5.42. The number of carbonyl (C=O) groups excluding carboxylic acids is 1. The first-order chi connectivity index (χ1) is 13.7. The van der Waals surface area contributed by atoms with Crippen molar-refractivity contribution in [3.8, 4) is 0 Å². The fourth-order valence-electron chi connectivity index (χ4n) is 3.81. The third kappa shape index (κ3) is 4.34. The number of piperidine rings is 1. The molecule has 0 unspecified atom stereocenters. The molecule has 1 aliphatic heterocycles. The lowest BCUT2D eigenvalue weighted by Crippen LogP contribution is -2.39. The molecule has 0 bridgehead atoms. The zero-order chi connectivity index (χ0) is 19.3. The molecule has 146 valence electrons. The van der Waals surface area contributed by atoms with Crippen molar-refractivity contribution in [2.24, 2.45) is 5.92 Å². The number of likely N-dealkylation sites (tertiary alicyclic amines) is 1. The molecule has 4 rings (SSSR count). The Hall–Kier alpha value is -2.86. The average molecular weight is 379 g/mol. The number of hydrogen-bond donors (Lipinski definition) is 1. The van der Waals surface area contributed by atoms with E-state index >= 15 is 0 Å². The summed E-state index contributed by atoms with van der Waals surface area (Å²) in [7, 11) is 0. The molecule has 3 aromatic rings. The number of fused-ring (bicyclic) bond motifs is 1. The van der Waals surface area contributed by atoms with Gasteiger partial charge in [0.2, 0.25) is 5.91 Å². The van der Waals surface area contributed by atoms with Crippen LogP contribution >= 0.6 is 0 Å². The van der Waals surface area contributed by atoms with E-state index in [9.17, 15) is 9.59 Å². The SMILES string of the molecule is O=C(Cn1c(=O)oc2ccccc21)NCC1CCN(Cc2ccccc2)CC1. The minimum Gasteiger partial charge on any atom is -0.408 e. The molecule has 0 saturated carbocycles. The topological polar surface area (TPSA) is 67.5 Å². The predicted octanol–water partition coefficient (Wildman–Crippen LogP) is 2.62. The number of rotatable bonds is 6. The summed E-state index contributed by atoms with van der Waals surface area (Å²) in [6.45, 7) is 3.71. The van der Waals surface area contributed by atoms with Gasteiger partial charge in [0.15, 0.2) is 5.58 Å². The van der Waals surface area contributed by atoms with Crippen LogP contribution in [0, 0.1) is 5.92 Å². The Bertz CT molecular complexity index is 985. The van der Waals surface area contributed by atoms with E-state index in [-0.39, 0.29) is 12.5 Å². The van der Waals surface area contributed by atoms with Gasteiger partial charge in [-0.1, -0.05) is 42.5 Å². The quantitative estimate of drug-likeness (QED) is 0.715. The van der Waals surface area contributed by atoms with Crippen molar-refractivity contribution in [2.75, 3.05) is 19.6 Å². The van der Waals surface area contributed by atoms with Crippen molar-refractivity contribution in [3.63, 3.8) is 0 Å². The van der Waals surface area contributed by atoms with Crippen LogP contribution in [0.15, 0.2) is 63.8 Å². The fraction of sp³-hybridized carbons (Fsp3) is 0.364. The third-order valence-corrected chi connectivity index (χ3v) is 5.42. The molecule has 0 atom stereocenters. The van der Waals surface area contributed by atoms with Crippen LogP contribution in [-0.4, -0.2) is 35.0 Å². The molecule has 1 aliphatic rings. The van der Waals surface area contributed by atoms with E-state index in [4.69, 9.17) is 4.42 Å². The van der Waals surface area contributed by atoms with Crippen molar-refractivity contribution >= 4 is 17.0 Å². The molecule has 6 nitrogen and oxygen atoms in total. The monoisotopic (exact) mass is 379 g/mol. The molecule has 2 aromatic carbocycles. The highest BCUT2D eigenvalue weighted by molar-refractivity contribution is 5.79. The first kappa shape index (κ1) is 18.5. The Morgan fingerprint density at radius 1 is 1.04 bits per heavy atom. The number of amides is 1. The summed E-state index contributed by atoms with van der Waals surface area (Å²) in [6, 6.07) is 17.7. The zero-order valence-electron chi connectivity index (χ0n) is 15.8. The lowest BCUT2D eigenvalue weighted by atomic mass is 9.96. The lowest BCUT2D eigenvalue weighted by molar-refractivity contribution is -0.121. The second-order valence-corrected chi connectivity index (χ2v) is 7.43. The summed E-state index contributed by atoms with van der Waals surface area (Å²) in [5, 5.41) is 2.99. The van der Waals surface area contributed by atoms with Crippen LogP contribution in [-0.2, 0) is 17.9 Å². The maximum Gasteiger partial charge on any atom is 0.420 e.